The second-order valence-corrected chi connectivity index (χ2v) is 11.6. The van der Waals surface area contributed by atoms with E-state index in [1.54, 1.807) is 0 Å². The zero-order chi connectivity index (χ0) is 24.4. The summed E-state index contributed by atoms with van der Waals surface area (Å²) in [4.78, 5) is 0. The lowest BCUT2D eigenvalue weighted by molar-refractivity contribution is 0.186. The van der Waals surface area contributed by atoms with Crippen LogP contribution in [0.25, 0.3) is 0 Å². The van der Waals surface area contributed by atoms with Gasteiger partial charge < -0.3 is 4.74 Å². The number of halogens is 3. The molecule has 1 aliphatic heterocycles. The van der Waals surface area contributed by atoms with E-state index in [0.717, 1.165) is 77.2 Å². The van der Waals surface area contributed by atoms with Crippen molar-refractivity contribution in [1.29, 1.82) is 0 Å². The highest BCUT2D eigenvalue weighted by Crippen LogP contribution is 2.46. The lowest BCUT2D eigenvalue weighted by atomic mass is 9.70. The number of epoxide rings is 1. The zero-order valence-electron chi connectivity index (χ0n) is 21.2. The van der Waals surface area contributed by atoms with Crippen LogP contribution >= 0.6 is 0 Å². The molecule has 1 saturated heterocycles. The van der Waals surface area contributed by atoms with Crippen LogP contribution in [0.15, 0.2) is 59.0 Å². The molecule has 1 nitrogen and oxygen atoms in total. The van der Waals surface area contributed by atoms with Gasteiger partial charge in [-0.05, 0) is 81.3 Å². The SMILES string of the molecule is CCCC1=CCC(C2=CCC(C3CCC(CCC4CCC(C5CO5)C=C4F)CC3)C(F)=C2F)C=C1. The zero-order valence-corrected chi connectivity index (χ0v) is 21.2. The summed E-state index contributed by atoms with van der Waals surface area (Å²) in [7, 11) is 0. The highest BCUT2D eigenvalue weighted by Gasteiger charge is 2.37. The Hall–Kier alpha value is -1.55. The maximum Gasteiger partial charge on any atom is 0.158 e. The first-order valence-electron chi connectivity index (χ1n) is 14.1. The van der Waals surface area contributed by atoms with E-state index in [-0.39, 0.29) is 41.5 Å². The van der Waals surface area contributed by atoms with Crippen molar-refractivity contribution in [2.45, 2.75) is 90.1 Å². The number of hydrogen-bond donors (Lipinski definition) is 0. The van der Waals surface area contributed by atoms with Gasteiger partial charge in [0.2, 0.25) is 0 Å². The van der Waals surface area contributed by atoms with Crippen LogP contribution < -0.4 is 0 Å². The highest BCUT2D eigenvalue weighted by molar-refractivity contribution is 5.40. The van der Waals surface area contributed by atoms with E-state index in [4.69, 9.17) is 4.74 Å². The van der Waals surface area contributed by atoms with Crippen molar-refractivity contribution in [1.82, 2.24) is 0 Å². The van der Waals surface area contributed by atoms with Crippen molar-refractivity contribution in [2.24, 2.45) is 35.5 Å². The molecule has 4 heteroatoms. The molecule has 5 unspecified atom stereocenters. The molecule has 0 radical (unpaired) electrons. The standard InChI is InChI=1S/C31H41F3O/c1-2-3-20-4-9-22(10-5-20)26-16-17-27(31(34)30(26)33)23-11-6-21(7-12-23)8-13-24-14-15-25(18-28(24)32)29-19-35-29/h4-5,9,16,18,21-25,27,29H,2-3,6-8,10-15,17,19H2,1H3. The largest absolute Gasteiger partial charge is 0.372 e. The van der Waals surface area contributed by atoms with Crippen LogP contribution in [0.3, 0.4) is 0 Å². The van der Waals surface area contributed by atoms with Gasteiger partial charge >= 0.3 is 0 Å². The van der Waals surface area contributed by atoms with Crippen molar-refractivity contribution in [2.75, 3.05) is 6.61 Å². The van der Waals surface area contributed by atoms with Crippen molar-refractivity contribution in [3.63, 3.8) is 0 Å². The molecule has 35 heavy (non-hydrogen) atoms. The molecule has 4 aliphatic carbocycles. The average Bonchev–Trinajstić information content (AvgIpc) is 3.72. The number of allylic oxidation sites excluding steroid dienone is 9. The fraction of sp³-hybridized carbons (Fsp3) is 0.677. The van der Waals surface area contributed by atoms with Crippen LogP contribution in [0.5, 0.6) is 0 Å². The molecule has 0 N–H and O–H groups in total. The van der Waals surface area contributed by atoms with E-state index in [1.807, 2.05) is 12.2 Å². The molecule has 1 saturated carbocycles. The lowest BCUT2D eigenvalue weighted by Gasteiger charge is -2.35. The van der Waals surface area contributed by atoms with Gasteiger partial charge in [-0.2, -0.15) is 0 Å². The third-order valence-corrected chi connectivity index (χ3v) is 9.33. The normalized spacial score (nSPS) is 37.6. The minimum absolute atomic E-state index is 0.0423. The van der Waals surface area contributed by atoms with E-state index in [0.29, 0.717) is 17.9 Å². The summed E-state index contributed by atoms with van der Waals surface area (Å²) in [6.07, 6.45) is 21.9. The Bertz CT molecular complexity index is 914. The summed E-state index contributed by atoms with van der Waals surface area (Å²) in [6.45, 7) is 2.94. The molecule has 0 amide bonds. The Kier molecular flexibility index (Phi) is 8.06. The van der Waals surface area contributed by atoms with Crippen molar-refractivity contribution in [3.05, 3.63) is 59.0 Å². The average molecular weight is 487 g/mol. The minimum Gasteiger partial charge on any atom is -0.372 e. The molecule has 0 aromatic heterocycles. The number of hydrogen-bond acceptors (Lipinski definition) is 1. The van der Waals surface area contributed by atoms with Gasteiger partial charge in [0, 0.05) is 23.7 Å². The second kappa shape index (κ2) is 11.2. The van der Waals surface area contributed by atoms with Crippen molar-refractivity contribution >= 4 is 0 Å². The van der Waals surface area contributed by atoms with Crippen LogP contribution in [-0.2, 0) is 4.74 Å². The molecule has 5 atom stereocenters. The summed E-state index contributed by atoms with van der Waals surface area (Å²) in [6, 6.07) is 0. The third kappa shape index (κ3) is 5.89. The van der Waals surface area contributed by atoms with Crippen LogP contribution in [-0.4, -0.2) is 12.7 Å². The molecular formula is C31H41F3O. The van der Waals surface area contributed by atoms with Gasteiger partial charge in [0.05, 0.1) is 18.5 Å². The van der Waals surface area contributed by atoms with Crippen molar-refractivity contribution in [3.8, 4) is 0 Å². The van der Waals surface area contributed by atoms with E-state index in [2.05, 4.69) is 25.2 Å². The van der Waals surface area contributed by atoms with E-state index in [9.17, 15) is 4.39 Å². The van der Waals surface area contributed by atoms with Gasteiger partial charge in [0.15, 0.2) is 5.83 Å². The Morgan fingerprint density at radius 3 is 2.40 bits per heavy atom. The fourth-order valence-corrected chi connectivity index (χ4v) is 6.98. The predicted octanol–water partition coefficient (Wildman–Crippen LogP) is 9.25. The molecule has 0 spiro atoms. The van der Waals surface area contributed by atoms with E-state index < -0.39 is 11.7 Å². The topological polar surface area (TPSA) is 12.5 Å². The molecule has 1 heterocycles. The first-order valence-corrected chi connectivity index (χ1v) is 14.1. The second-order valence-electron chi connectivity index (χ2n) is 11.6. The van der Waals surface area contributed by atoms with Gasteiger partial charge in [-0.1, -0.05) is 56.1 Å². The highest BCUT2D eigenvalue weighted by atomic mass is 19.2. The molecule has 192 valence electrons. The smallest absolute Gasteiger partial charge is 0.158 e. The van der Waals surface area contributed by atoms with Gasteiger partial charge in [-0.3, -0.25) is 0 Å². The first kappa shape index (κ1) is 25.1. The van der Waals surface area contributed by atoms with Crippen LogP contribution in [0, 0.1) is 35.5 Å². The Labute approximate surface area is 209 Å². The maximum absolute atomic E-state index is 15.2. The lowest BCUT2D eigenvalue weighted by Crippen LogP contribution is -2.25. The van der Waals surface area contributed by atoms with Gasteiger partial charge in [-0.15, -0.1) is 0 Å². The Balaban J connectivity index is 1.09. The fourth-order valence-electron chi connectivity index (χ4n) is 6.98. The number of rotatable bonds is 8. The molecule has 0 aromatic rings. The first-order chi connectivity index (χ1) is 17.0. The molecule has 0 aromatic carbocycles. The summed E-state index contributed by atoms with van der Waals surface area (Å²) in [5.41, 5.74) is 1.85. The molecule has 2 fully saturated rings. The predicted molar refractivity (Wildman–Crippen MR) is 135 cm³/mol. The summed E-state index contributed by atoms with van der Waals surface area (Å²) >= 11 is 0. The van der Waals surface area contributed by atoms with Crippen LogP contribution in [0.4, 0.5) is 13.2 Å². The molecule has 5 rings (SSSR count). The molecule has 5 aliphatic rings. The Morgan fingerprint density at radius 1 is 0.943 bits per heavy atom. The summed E-state index contributed by atoms with van der Waals surface area (Å²) < 4.78 is 50.2. The quantitative estimate of drug-likeness (QED) is 0.311. The van der Waals surface area contributed by atoms with Gasteiger partial charge in [0.1, 0.15) is 5.83 Å². The number of ether oxygens (including phenoxy) is 1. The summed E-state index contributed by atoms with van der Waals surface area (Å²) in [5.74, 6) is -0.225. The molecular weight excluding hydrogens is 445 g/mol. The van der Waals surface area contributed by atoms with Gasteiger partial charge in [0.25, 0.3) is 0 Å². The van der Waals surface area contributed by atoms with Crippen LogP contribution in [0.1, 0.15) is 84.0 Å². The Morgan fingerprint density at radius 2 is 1.74 bits per heavy atom. The van der Waals surface area contributed by atoms with Crippen molar-refractivity contribution < 1.29 is 17.9 Å². The van der Waals surface area contributed by atoms with Crippen LogP contribution in [0.2, 0.25) is 0 Å². The maximum atomic E-state index is 15.2. The van der Waals surface area contributed by atoms with E-state index in [1.165, 1.54) is 5.57 Å². The minimum atomic E-state index is -0.597. The third-order valence-electron chi connectivity index (χ3n) is 9.33. The monoisotopic (exact) mass is 486 g/mol. The molecule has 0 bridgehead atoms. The van der Waals surface area contributed by atoms with Gasteiger partial charge in [-0.25, -0.2) is 13.2 Å². The summed E-state index contributed by atoms with van der Waals surface area (Å²) in [5, 5.41) is 0. The van der Waals surface area contributed by atoms with E-state index >= 15 is 8.78 Å².